The highest BCUT2D eigenvalue weighted by atomic mass is 35.5. The maximum absolute atomic E-state index is 12.2. The molecule has 1 aliphatic rings. The number of carbonyl (C=O) groups is 3. The number of amides is 3. The fourth-order valence-corrected chi connectivity index (χ4v) is 4.30. The van der Waals surface area contributed by atoms with Crippen LogP contribution in [0.2, 0.25) is 0 Å². The van der Waals surface area contributed by atoms with Crippen molar-refractivity contribution in [3.05, 3.63) is 53.6 Å². The van der Waals surface area contributed by atoms with Crippen molar-refractivity contribution < 1.29 is 24.2 Å². The number of nitrogens with zero attached hydrogens (tertiary/aromatic N) is 1. The molecule has 2 atom stereocenters. The van der Waals surface area contributed by atoms with E-state index in [0.717, 1.165) is 27.9 Å². The van der Waals surface area contributed by atoms with E-state index in [0.29, 0.717) is 19.4 Å². The highest BCUT2D eigenvalue weighted by Gasteiger charge is 2.33. The molecule has 1 aliphatic heterocycles. The molecule has 8 nitrogen and oxygen atoms in total. The normalized spacial score (nSPS) is 17.0. The summed E-state index contributed by atoms with van der Waals surface area (Å²) in [6, 6.07) is 13.3. The standard InChI is InChI=1S/C26H33N3O5.ClH/c1-16-14-22(28-24(31)32)21-15-20(10-11-23(21)29(16)17(2)30)19-8-6-18(7-9-19)12-13-27-25(33)34-26(3,4)5;/h6-11,15-16,22,28H,12-14H2,1-5H3,(H,27,33)(H,31,32);1H/t16-,22+;/m0./s1. The zero-order valence-corrected chi connectivity index (χ0v) is 21.6. The minimum absolute atomic E-state index is 0. The number of hydrogen-bond acceptors (Lipinski definition) is 4. The summed E-state index contributed by atoms with van der Waals surface area (Å²) in [4.78, 5) is 37.1. The molecule has 1 heterocycles. The molecule has 0 fully saturated rings. The first-order valence-electron chi connectivity index (χ1n) is 11.4. The minimum Gasteiger partial charge on any atom is -0.465 e. The Morgan fingerprint density at radius 1 is 1.09 bits per heavy atom. The molecule has 0 aromatic heterocycles. The average molecular weight is 504 g/mol. The largest absolute Gasteiger partial charge is 0.465 e. The number of rotatable bonds is 5. The molecule has 0 bridgehead atoms. The van der Waals surface area contributed by atoms with Crippen LogP contribution in [0.3, 0.4) is 0 Å². The zero-order chi connectivity index (χ0) is 25.0. The molecule has 3 N–H and O–H groups in total. The molecule has 0 aliphatic carbocycles. The Balaban J connectivity index is 0.00000432. The van der Waals surface area contributed by atoms with Crippen LogP contribution in [0.5, 0.6) is 0 Å². The Labute approximate surface area is 212 Å². The van der Waals surface area contributed by atoms with Gasteiger partial charge >= 0.3 is 12.2 Å². The first-order valence-corrected chi connectivity index (χ1v) is 11.4. The van der Waals surface area contributed by atoms with E-state index in [1.165, 1.54) is 6.92 Å². The van der Waals surface area contributed by atoms with Gasteiger partial charge in [-0.05, 0) is 74.9 Å². The van der Waals surface area contributed by atoms with Gasteiger partial charge in [0.05, 0.1) is 6.04 Å². The number of carboxylic acid groups (broad SMARTS) is 1. The number of carbonyl (C=O) groups excluding carboxylic acids is 2. The van der Waals surface area contributed by atoms with Crippen molar-refractivity contribution in [3.8, 4) is 11.1 Å². The van der Waals surface area contributed by atoms with Crippen LogP contribution in [0.4, 0.5) is 15.3 Å². The predicted octanol–water partition coefficient (Wildman–Crippen LogP) is 5.30. The van der Waals surface area contributed by atoms with Gasteiger partial charge in [0.1, 0.15) is 5.60 Å². The molecule has 9 heteroatoms. The highest BCUT2D eigenvalue weighted by Crippen LogP contribution is 2.39. The van der Waals surface area contributed by atoms with Crippen LogP contribution in [-0.4, -0.2) is 41.4 Å². The van der Waals surface area contributed by atoms with Crippen LogP contribution < -0.4 is 15.5 Å². The van der Waals surface area contributed by atoms with Crippen LogP contribution in [0.15, 0.2) is 42.5 Å². The van der Waals surface area contributed by atoms with E-state index in [9.17, 15) is 19.5 Å². The SMILES string of the molecule is CC(=O)N1c2ccc(-c3ccc(CCNC(=O)OC(C)(C)C)cc3)cc2[C@H](NC(=O)O)C[C@@H]1C.Cl. The summed E-state index contributed by atoms with van der Waals surface area (Å²) in [5, 5.41) is 14.7. The lowest BCUT2D eigenvalue weighted by Gasteiger charge is -2.39. The molecule has 0 saturated carbocycles. The number of hydrogen-bond donors (Lipinski definition) is 3. The number of fused-ring (bicyclic) bond motifs is 1. The van der Waals surface area contributed by atoms with E-state index < -0.39 is 23.8 Å². The van der Waals surface area contributed by atoms with Crippen molar-refractivity contribution in [1.82, 2.24) is 10.6 Å². The van der Waals surface area contributed by atoms with Gasteiger partial charge in [-0.2, -0.15) is 0 Å². The molecular formula is C26H34ClN3O5. The summed E-state index contributed by atoms with van der Waals surface area (Å²) in [7, 11) is 0. The molecule has 35 heavy (non-hydrogen) atoms. The van der Waals surface area contributed by atoms with E-state index in [1.807, 2.05) is 70.2 Å². The topological polar surface area (TPSA) is 108 Å². The van der Waals surface area contributed by atoms with Gasteiger partial charge in [0.2, 0.25) is 5.91 Å². The summed E-state index contributed by atoms with van der Waals surface area (Å²) in [5.74, 6) is -0.0698. The number of ether oxygens (including phenoxy) is 1. The second kappa shape index (κ2) is 11.4. The lowest BCUT2D eigenvalue weighted by atomic mass is 9.89. The van der Waals surface area contributed by atoms with Crippen LogP contribution in [0, 0.1) is 0 Å². The number of nitrogens with one attached hydrogen (secondary N) is 2. The van der Waals surface area contributed by atoms with Gasteiger partial charge in [0, 0.05) is 25.2 Å². The highest BCUT2D eigenvalue weighted by molar-refractivity contribution is 5.94. The third kappa shape index (κ3) is 7.36. The van der Waals surface area contributed by atoms with E-state index in [-0.39, 0.29) is 24.4 Å². The van der Waals surface area contributed by atoms with E-state index in [2.05, 4.69) is 10.6 Å². The van der Waals surface area contributed by atoms with Gasteiger partial charge in [0.15, 0.2) is 0 Å². The van der Waals surface area contributed by atoms with Crippen molar-refractivity contribution in [1.29, 1.82) is 0 Å². The molecule has 3 rings (SSSR count). The second-order valence-electron chi connectivity index (χ2n) is 9.63. The molecule has 2 aromatic rings. The lowest BCUT2D eigenvalue weighted by Crippen LogP contribution is -2.45. The van der Waals surface area contributed by atoms with E-state index in [4.69, 9.17) is 4.74 Å². The monoisotopic (exact) mass is 503 g/mol. The first-order chi connectivity index (χ1) is 15.9. The molecule has 2 aromatic carbocycles. The Bertz CT molecular complexity index is 1070. The molecule has 3 amide bonds. The third-order valence-corrected chi connectivity index (χ3v) is 5.69. The number of benzene rings is 2. The van der Waals surface area contributed by atoms with Gasteiger partial charge in [-0.3, -0.25) is 4.79 Å². The minimum atomic E-state index is -1.09. The van der Waals surface area contributed by atoms with Crippen molar-refractivity contribution >= 4 is 36.2 Å². The van der Waals surface area contributed by atoms with Crippen LogP contribution >= 0.6 is 12.4 Å². The maximum Gasteiger partial charge on any atom is 0.407 e. The summed E-state index contributed by atoms with van der Waals surface area (Å²) < 4.78 is 5.24. The van der Waals surface area contributed by atoms with Crippen LogP contribution in [-0.2, 0) is 16.0 Å². The number of alkyl carbamates (subject to hydrolysis) is 1. The van der Waals surface area contributed by atoms with Gasteiger partial charge in [-0.15, -0.1) is 12.4 Å². The number of halogens is 1. The van der Waals surface area contributed by atoms with E-state index in [1.54, 1.807) is 4.90 Å². The van der Waals surface area contributed by atoms with Crippen molar-refractivity contribution in [3.63, 3.8) is 0 Å². The number of anilines is 1. The summed E-state index contributed by atoms with van der Waals surface area (Å²) >= 11 is 0. The molecule has 0 saturated heterocycles. The van der Waals surface area contributed by atoms with Gasteiger partial charge < -0.3 is 25.4 Å². The summed E-state index contributed by atoms with van der Waals surface area (Å²) in [5.41, 5.74) is 3.98. The molecular weight excluding hydrogens is 470 g/mol. The Hall–Kier alpha value is -3.26. The summed E-state index contributed by atoms with van der Waals surface area (Å²) in [6.07, 6.45) is -0.350. The molecule has 0 radical (unpaired) electrons. The molecule has 0 unspecified atom stereocenters. The maximum atomic E-state index is 12.2. The summed E-state index contributed by atoms with van der Waals surface area (Å²) in [6.45, 7) is 9.38. The first kappa shape index (κ1) is 28.0. The smallest absolute Gasteiger partial charge is 0.407 e. The second-order valence-corrected chi connectivity index (χ2v) is 9.63. The lowest BCUT2D eigenvalue weighted by molar-refractivity contribution is -0.117. The Morgan fingerprint density at radius 3 is 2.29 bits per heavy atom. The molecule has 0 spiro atoms. The fraction of sp³-hybridized carbons (Fsp3) is 0.423. The third-order valence-electron chi connectivity index (χ3n) is 5.69. The Kier molecular flexibility index (Phi) is 9.15. The predicted molar refractivity (Wildman–Crippen MR) is 138 cm³/mol. The quantitative estimate of drug-likeness (QED) is 0.513. The molecule has 190 valence electrons. The van der Waals surface area contributed by atoms with Crippen molar-refractivity contribution in [2.45, 2.75) is 65.1 Å². The van der Waals surface area contributed by atoms with Crippen molar-refractivity contribution in [2.75, 3.05) is 11.4 Å². The van der Waals surface area contributed by atoms with Crippen LogP contribution in [0.1, 0.15) is 58.2 Å². The van der Waals surface area contributed by atoms with Gasteiger partial charge in [-0.1, -0.05) is 30.3 Å². The van der Waals surface area contributed by atoms with Gasteiger partial charge in [0.25, 0.3) is 0 Å². The zero-order valence-electron chi connectivity index (χ0n) is 20.8. The fourth-order valence-electron chi connectivity index (χ4n) is 4.30. The Morgan fingerprint density at radius 2 is 1.71 bits per heavy atom. The van der Waals surface area contributed by atoms with Gasteiger partial charge in [-0.25, -0.2) is 9.59 Å². The van der Waals surface area contributed by atoms with Crippen LogP contribution in [0.25, 0.3) is 11.1 Å². The average Bonchev–Trinajstić information content (AvgIpc) is 2.72. The van der Waals surface area contributed by atoms with Crippen molar-refractivity contribution in [2.24, 2.45) is 0 Å². The van der Waals surface area contributed by atoms with E-state index >= 15 is 0 Å².